The minimum absolute atomic E-state index is 0.0810. The van der Waals surface area contributed by atoms with Gasteiger partial charge in [0.1, 0.15) is 12.1 Å². The Morgan fingerprint density at radius 1 is 0.619 bits per heavy atom. The Labute approximate surface area is 372 Å². The lowest BCUT2D eigenvalue weighted by atomic mass is 9.98. The monoisotopic (exact) mass is 872 g/mol. The van der Waals surface area contributed by atoms with Crippen LogP contribution < -0.4 is 32.0 Å². The zero-order valence-electron chi connectivity index (χ0n) is 37.4. The Bertz CT molecular complexity index is 1830. The average Bonchev–Trinajstić information content (AvgIpc) is 3.28. The molecule has 6 amide bonds. The summed E-state index contributed by atoms with van der Waals surface area (Å²) in [5, 5.41) is 28.2. The topological polar surface area (TPSA) is 189 Å². The summed E-state index contributed by atoms with van der Waals surface area (Å²) in [5.74, 6) is -1.43. The number of carbonyl (C=O) groups is 4. The highest BCUT2D eigenvalue weighted by Gasteiger charge is 2.32. The Kier molecular flexibility index (Phi) is 20.1. The van der Waals surface area contributed by atoms with Crippen molar-refractivity contribution >= 4 is 23.9 Å². The number of aliphatic hydroxyl groups excluding tert-OH is 1. The van der Waals surface area contributed by atoms with E-state index in [4.69, 9.17) is 9.47 Å². The molecule has 0 bridgehead atoms. The SMILES string of the molecule is CC(C)[C@H](NC(=O)NCCN1CCOCC1)C(=O)N[C@@H](Cc1ccccc1)[C@@H](O)CN(Cc1ccc(-c2ccccc2)cc1)NC(=O)[C@@H](NC(=O)NCCN1CCOCC1)C(C)C. The van der Waals surface area contributed by atoms with Gasteiger partial charge in [0.25, 0.3) is 5.91 Å². The van der Waals surface area contributed by atoms with Gasteiger partial charge >= 0.3 is 12.1 Å². The van der Waals surface area contributed by atoms with Crippen molar-refractivity contribution in [2.24, 2.45) is 11.8 Å². The molecule has 5 rings (SSSR count). The van der Waals surface area contributed by atoms with Crippen LogP contribution in [0.3, 0.4) is 0 Å². The second kappa shape index (κ2) is 25.9. The van der Waals surface area contributed by atoms with E-state index in [1.807, 2.05) is 113 Å². The number of hydrogen-bond acceptors (Lipinski definition) is 10. The zero-order chi connectivity index (χ0) is 45.0. The third-order valence-corrected chi connectivity index (χ3v) is 11.3. The van der Waals surface area contributed by atoms with E-state index < -0.39 is 48.1 Å². The first-order chi connectivity index (χ1) is 30.4. The van der Waals surface area contributed by atoms with Gasteiger partial charge in [0.15, 0.2) is 0 Å². The molecule has 0 radical (unpaired) electrons. The molecule has 3 aromatic rings. The van der Waals surface area contributed by atoms with Crippen molar-refractivity contribution in [3.8, 4) is 11.1 Å². The Balaban J connectivity index is 1.30. The standard InChI is InChI=1S/C47H69N9O7/c1-34(2)42(51-46(60)48-19-21-54-23-27-62-28-24-54)44(58)50-40(31-36-11-7-5-8-12-36)41(57)33-56(32-37-15-17-39(18-16-37)38-13-9-6-10-14-38)53-45(59)43(35(3)4)52-47(61)49-20-22-55-25-29-63-30-26-55/h5-18,34-35,40-43,57H,19-33H2,1-4H3,(H,50,58)(H,53,59)(H2,48,51,60)(H2,49,52,61)/t40-,41-,42-,43-/m0/s1. The molecule has 0 aliphatic carbocycles. The Morgan fingerprint density at radius 2 is 1.10 bits per heavy atom. The number of amides is 6. The number of morpholine rings is 2. The van der Waals surface area contributed by atoms with Crippen molar-refractivity contribution in [3.05, 3.63) is 96.1 Å². The number of hydrazine groups is 1. The van der Waals surface area contributed by atoms with Crippen LogP contribution in [0.4, 0.5) is 9.59 Å². The highest BCUT2D eigenvalue weighted by Crippen LogP contribution is 2.20. The fourth-order valence-corrected chi connectivity index (χ4v) is 7.56. The van der Waals surface area contributed by atoms with Crippen molar-refractivity contribution in [1.29, 1.82) is 0 Å². The number of urea groups is 2. The Morgan fingerprint density at radius 3 is 1.60 bits per heavy atom. The predicted octanol–water partition coefficient (Wildman–Crippen LogP) is 2.59. The minimum atomic E-state index is -1.19. The molecule has 16 heteroatoms. The normalized spacial score (nSPS) is 16.8. The van der Waals surface area contributed by atoms with Crippen LogP contribution in [0.2, 0.25) is 0 Å². The molecule has 0 aromatic heterocycles. The zero-order valence-corrected chi connectivity index (χ0v) is 37.4. The summed E-state index contributed by atoms with van der Waals surface area (Å²) in [4.78, 5) is 58.7. The lowest BCUT2D eigenvalue weighted by Gasteiger charge is -2.33. The Hall–Kier alpha value is -5.10. The number of ether oxygens (including phenoxy) is 2. The van der Waals surface area contributed by atoms with Crippen LogP contribution in [-0.2, 0) is 32.0 Å². The number of benzene rings is 3. The largest absolute Gasteiger partial charge is 0.390 e. The molecule has 0 spiro atoms. The maximum Gasteiger partial charge on any atom is 0.315 e. The average molecular weight is 872 g/mol. The lowest BCUT2D eigenvalue weighted by molar-refractivity contribution is -0.131. The summed E-state index contributed by atoms with van der Waals surface area (Å²) in [6.45, 7) is 15.6. The number of hydrogen-bond donors (Lipinski definition) is 7. The van der Waals surface area contributed by atoms with Crippen LogP contribution in [0.5, 0.6) is 0 Å². The highest BCUT2D eigenvalue weighted by atomic mass is 16.5. The molecule has 2 saturated heterocycles. The fraction of sp³-hybridized carbons (Fsp3) is 0.532. The second-order valence-electron chi connectivity index (χ2n) is 16.9. The predicted molar refractivity (Wildman–Crippen MR) is 243 cm³/mol. The molecule has 0 saturated carbocycles. The molecule has 63 heavy (non-hydrogen) atoms. The van der Waals surface area contributed by atoms with Gasteiger partial charge in [-0.05, 0) is 40.5 Å². The molecule has 3 aromatic carbocycles. The maximum atomic E-state index is 14.1. The van der Waals surface area contributed by atoms with Crippen LogP contribution in [-0.4, -0.2) is 153 Å². The molecule has 344 valence electrons. The van der Waals surface area contributed by atoms with E-state index in [0.717, 1.165) is 48.4 Å². The molecule has 7 N–H and O–H groups in total. The molecule has 16 nitrogen and oxygen atoms in total. The quantitative estimate of drug-likeness (QED) is 0.0740. The van der Waals surface area contributed by atoms with Crippen LogP contribution in [0.1, 0.15) is 38.8 Å². The first-order valence-electron chi connectivity index (χ1n) is 22.4. The molecule has 2 aliphatic rings. The summed E-state index contributed by atoms with van der Waals surface area (Å²) in [6, 6.07) is 24.0. The molecule has 0 unspecified atom stereocenters. The van der Waals surface area contributed by atoms with Crippen molar-refractivity contribution in [3.63, 3.8) is 0 Å². The number of nitrogens with one attached hydrogen (secondary N) is 6. The smallest absolute Gasteiger partial charge is 0.315 e. The third kappa shape index (κ3) is 16.8. The highest BCUT2D eigenvalue weighted by molar-refractivity contribution is 5.88. The first kappa shape index (κ1) is 48.9. The van der Waals surface area contributed by atoms with E-state index in [1.54, 1.807) is 5.01 Å². The number of rotatable bonds is 22. The summed E-state index contributed by atoms with van der Waals surface area (Å²) >= 11 is 0. The van der Waals surface area contributed by atoms with E-state index in [1.165, 1.54) is 0 Å². The van der Waals surface area contributed by atoms with Crippen molar-refractivity contribution in [1.82, 2.24) is 46.8 Å². The van der Waals surface area contributed by atoms with Crippen molar-refractivity contribution < 1.29 is 33.8 Å². The van der Waals surface area contributed by atoms with Gasteiger partial charge in [0.2, 0.25) is 5.91 Å². The van der Waals surface area contributed by atoms with Gasteiger partial charge in [-0.2, -0.15) is 0 Å². The maximum absolute atomic E-state index is 14.1. The van der Waals surface area contributed by atoms with Crippen molar-refractivity contribution in [2.75, 3.05) is 85.3 Å². The van der Waals surface area contributed by atoms with Gasteiger partial charge in [-0.25, -0.2) is 14.6 Å². The summed E-state index contributed by atoms with van der Waals surface area (Å²) in [7, 11) is 0. The van der Waals surface area contributed by atoms with Gasteiger partial charge in [-0.3, -0.25) is 24.8 Å². The fourth-order valence-electron chi connectivity index (χ4n) is 7.56. The molecule has 4 atom stereocenters. The summed E-state index contributed by atoms with van der Waals surface area (Å²) in [5.41, 5.74) is 6.85. The van der Waals surface area contributed by atoms with Crippen LogP contribution in [0.15, 0.2) is 84.9 Å². The van der Waals surface area contributed by atoms with E-state index in [-0.39, 0.29) is 31.3 Å². The molecular weight excluding hydrogens is 803 g/mol. The molecule has 2 aliphatic heterocycles. The summed E-state index contributed by atoms with van der Waals surface area (Å²) < 4.78 is 10.8. The van der Waals surface area contributed by atoms with E-state index >= 15 is 0 Å². The number of carbonyl (C=O) groups excluding carboxylic acids is 4. The van der Waals surface area contributed by atoms with Gasteiger partial charge in [0.05, 0.1) is 38.6 Å². The van der Waals surface area contributed by atoms with Gasteiger partial charge in [-0.1, -0.05) is 113 Å². The van der Waals surface area contributed by atoms with E-state index in [0.29, 0.717) is 52.6 Å². The molecular formula is C47H69N9O7. The number of aliphatic hydroxyl groups is 1. The second-order valence-corrected chi connectivity index (χ2v) is 16.9. The number of nitrogens with zero attached hydrogens (tertiary/aromatic N) is 3. The van der Waals surface area contributed by atoms with Crippen molar-refractivity contribution in [2.45, 2.75) is 64.9 Å². The molecule has 2 heterocycles. The first-order valence-corrected chi connectivity index (χ1v) is 22.4. The van der Waals surface area contributed by atoms with Gasteiger partial charge in [0, 0.05) is 65.4 Å². The molecule has 2 fully saturated rings. The van der Waals surface area contributed by atoms with Gasteiger partial charge in [-0.15, -0.1) is 0 Å². The van der Waals surface area contributed by atoms with Gasteiger partial charge < -0.3 is 41.2 Å². The van der Waals surface area contributed by atoms with E-state index in [2.05, 4.69) is 41.8 Å². The third-order valence-electron chi connectivity index (χ3n) is 11.3. The van der Waals surface area contributed by atoms with Crippen LogP contribution >= 0.6 is 0 Å². The van der Waals surface area contributed by atoms with E-state index in [9.17, 15) is 24.3 Å². The summed E-state index contributed by atoms with van der Waals surface area (Å²) in [6.07, 6.45) is -0.916. The van der Waals surface area contributed by atoms with Crippen LogP contribution in [0, 0.1) is 11.8 Å². The van der Waals surface area contributed by atoms with Crippen LogP contribution in [0.25, 0.3) is 11.1 Å². The minimum Gasteiger partial charge on any atom is -0.390 e. The lowest BCUT2D eigenvalue weighted by Crippen LogP contribution is -2.60.